The van der Waals surface area contributed by atoms with Crippen LogP contribution in [0.15, 0.2) is 36.4 Å². The third-order valence-corrected chi connectivity index (χ3v) is 4.89. The van der Waals surface area contributed by atoms with Gasteiger partial charge in [0.15, 0.2) is 5.01 Å². The zero-order chi connectivity index (χ0) is 18.8. The summed E-state index contributed by atoms with van der Waals surface area (Å²) in [5.74, 6) is -0.516. The molecule has 2 aromatic carbocycles. The first-order chi connectivity index (χ1) is 12.3. The number of aryl methyl sites for hydroxylation is 1. The van der Waals surface area contributed by atoms with E-state index in [1.165, 1.54) is 18.2 Å². The number of amides is 1. The normalized spacial score (nSPS) is 10.6. The molecule has 1 N–H and O–H groups in total. The average Bonchev–Trinajstić information content (AvgIpc) is 3.03. The van der Waals surface area contributed by atoms with E-state index in [0.29, 0.717) is 26.2 Å². The van der Waals surface area contributed by atoms with Gasteiger partial charge in [-0.25, -0.2) is 0 Å². The highest BCUT2D eigenvalue weighted by molar-refractivity contribution is 7.18. The lowest BCUT2D eigenvalue weighted by molar-refractivity contribution is -0.385. The number of nitro groups is 1. The molecule has 0 bridgehead atoms. The van der Waals surface area contributed by atoms with Gasteiger partial charge in [-0.2, -0.15) is 0 Å². The van der Waals surface area contributed by atoms with Crippen LogP contribution in [0.5, 0.6) is 0 Å². The fraction of sp³-hybridized carbons (Fsp3) is 0.0625. The number of hydrogen-bond acceptors (Lipinski definition) is 6. The van der Waals surface area contributed by atoms with E-state index in [0.717, 1.165) is 11.3 Å². The number of nitrogens with one attached hydrogen (secondary N) is 1. The van der Waals surface area contributed by atoms with Gasteiger partial charge >= 0.3 is 0 Å². The number of nitrogens with zero attached hydrogens (tertiary/aromatic N) is 3. The van der Waals surface area contributed by atoms with Crippen LogP contribution in [0.25, 0.3) is 10.6 Å². The van der Waals surface area contributed by atoms with Crippen molar-refractivity contribution in [1.29, 1.82) is 0 Å². The van der Waals surface area contributed by atoms with Gasteiger partial charge in [-0.05, 0) is 31.2 Å². The van der Waals surface area contributed by atoms with Crippen LogP contribution in [-0.2, 0) is 0 Å². The second kappa shape index (κ2) is 7.36. The Morgan fingerprint density at radius 1 is 1.19 bits per heavy atom. The van der Waals surface area contributed by atoms with Crippen molar-refractivity contribution in [3.63, 3.8) is 0 Å². The lowest BCUT2D eigenvalue weighted by Gasteiger charge is -2.03. The molecule has 1 amide bonds. The highest BCUT2D eigenvalue weighted by Gasteiger charge is 2.17. The van der Waals surface area contributed by atoms with Crippen LogP contribution in [0.2, 0.25) is 10.0 Å². The van der Waals surface area contributed by atoms with Crippen LogP contribution in [-0.4, -0.2) is 21.0 Å². The summed E-state index contributed by atoms with van der Waals surface area (Å²) in [5.41, 5.74) is 1.15. The van der Waals surface area contributed by atoms with E-state index in [1.807, 2.05) is 0 Å². The maximum atomic E-state index is 12.3. The summed E-state index contributed by atoms with van der Waals surface area (Å²) >= 11 is 13.1. The van der Waals surface area contributed by atoms with Crippen molar-refractivity contribution in [2.24, 2.45) is 0 Å². The third kappa shape index (κ3) is 3.82. The van der Waals surface area contributed by atoms with Crippen LogP contribution >= 0.6 is 34.5 Å². The molecule has 10 heteroatoms. The molecule has 7 nitrogen and oxygen atoms in total. The second-order valence-corrected chi connectivity index (χ2v) is 7.07. The van der Waals surface area contributed by atoms with Crippen molar-refractivity contribution < 1.29 is 9.72 Å². The van der Waals surface area contributed by atoms with Gasteiger partial charge in [-0.15, -0.1) is 10.2 Å². The number of benzene rings is 2. The Morgan fingerprint density at radius 3 is 2.65 bits per heavy atom. The summed E-state index contributed by atoms with van der Waals surface area (Å²) in [6.45, 7) is 1.60. The van der Waals surface area contributed by atoms with Crippen molar-refractivity contribution in [2.45, 2.75) is 6.92 Å². The van der Waals surface area contributed by atoms with E-state index in [1.54, 1.807) is 25.1 Å². The monoisotopic (exact) mass is 408 g/mol. The highest BCUT2D eigenvalue weighted by Crippen LogP contribution is 2.33. The number of carbonyl (C=O) groups is 1. The van der Waals surface area contributed by atoms with Crippen molar-refractivity contribution in [3.05, 3.63) is 67.7 Å². The predicted molar refractivity (Wildman–Crippen MR) is 101 cm³/mol. The topological polar surface area (TPSA) is 98.0 Å². The molecule has 0 saturated carbocycles. The van der Waals surface area contributed by atoms with Gasteiger partial charge in [0.05, 0.1) is 9.95 Å². The molecule has 0 fully saturated rings. The highest BCUT2D eigenvalue weighted by atomic mass is 35.5. The van der Waals surface area contributed by atoms with Crippen LogP contribution in [0.3, 0.4) is 0 Å². The smallest absolute Gasteiger partial charge is 0.273 e. The summed E-state index contributed by atoms with van der Waals surface area (Å²) in [4.78, 5) is 22.8. The number of carbonyl (C=O) groups excluding carboxylic acids is 1. The molecule has 26 heavy (non-hydrogen) atoms. The minimum absolute atomic E-state index is 0.122. The molecule has 0 aliphatic heterocycles. The van der Waals surface area contributed by atoms with E-state index in [2.05, 4.69) is 15.5 Å². The van der Waals surface area contributed by atoms with E-state index in [-0.39, 0.29) is 16.4 Å². The second-order valence-electron chi connectivity index (χ2n) is 5.25. The van der Waals surface area contributed by atoms with E-state index >= 15 is 0 Å². The Kier molecular flexibility index (Phi) is 5.17. The molecular formula is C16H10Cl2N4O3S. The molecule has 0 aliphatic carbocycles. The Morgan fingerprint density at radius 2 is 1.96 bits per heavy atom. The Labute approximate surface area is 161 Å². The maximum Gasteiger partial charge on any atom is 0.273 e. The first-order valence-electron chi connectivity index (χ1n) is 7.20. The van der Waals surface area contributed by atoms with Crippen LogP contribution in [0.1, 0.15) is 15.9 Å². The Hall–Kier alpha value is -2.55. The minimum atomic E-state index is -0.530. The van der Waals surface area contributed by atoms with E-state index in [4.69, 9.17) is 23.2 Å². The quantitative estimate of drug-likeness (QED) is 0.484. The zero-order valence-corrected chi connectivity index (χ0v) is 15.5. The van der Waals surface area contributed by atoms with Crippen molar-refractivity contribution in [3.8, 4) is 10.6 Å². The number of anilines is 1. The van der Waals surface area contributed by atoms with Crippen molar-refractivity contribution in [2.75, 3.05) is 5.32 Å². The number of nitro benzene ring substituents is 1. The summed E-state index contributed by atoms with van der Waals surface area (Å²) in [6, 6.07) is 9.22. The van der Waals surface area contributed by atoms with Crippen LogP contribution < -0.4 is 5.32 Å². The minimum Gasteiger partial charge on any atom is -0.296 e. The summed E-state index contributed by atoms with van der Waals surface area (Å²) in [5, 5.41) is 23.2. The van der Waals surface area contributed by atoms with E-state index in [9.17, 15) is 14.9 Å². The Bertz CT molecular complexity index is 1020. The Balaban J connectivity index is 1.82. The first-order valence-corrected chi connectivity index (χ1v) is 8.77. The predicted octanol–water partition coefficient (Wildman–Crippen LogP) is 4.98. The molecule has 0 spiro atoms. The lowest BCUT2D eigenvalue weighted by Crippen LogP contribution is -2.12. The molecule has 0 atom stereocenters. The number of hydrogen-bond donors (Lipinski definition) is 1. The molecule has 0 unspecified atom stereocenters. The SMILES string of the molecule is Cc1ccc(C(=O)Nc2nnc(-c3ccc(Cl)cc3Cl)s2)cc1[N+](=O)[O-]. The van der Waals surface area contributed by atoms with Gasteiger partial charge in [-0.1, -0.05) is 40.6 Å². The standard InChI is InChI=1S/C16H10Cl2N4O3S/c1-8-2-3-9(6-13(8)22(24)25)14(23)19-16-21-20-15(26-16)11-5-4-10(17)7-12(11)18/h2-7H,1H3,(H,19,21,23). The van der Waals surface area contributed by atoms with Crippen LogP contribution in [0.4, 0.5) is 10.8 Å². The summed E-state index contributed by atoms with van der Waals surface area (Å²) in [7, 11) is 0. The fourth-order valence-corrected chi connectivity index (χ4v) is 3.49. The summed E-state index contributed by atoms with van der Waals surface area (Å²) < 4.78 is 0. The molecule has 0 aliphatic rings. The van der Waals surface area contributed by atoms with Gasteiger partial charge in [0.2, 0.25) is 5.13 Å². The molecule has 132 valence electrons. The molecule has 3 aromatic rings. The van der Waals surface area contributed by atoms with Crippen molar-refractivity contribution in [1.82, 2.24) is 10.2 Å². The number of aromatic nitrogens is 2. The number of rotatable bonds is 4. The van der Waals surface area contributed by atoms with Crippen LogP contribution in [0, 0.1) is 17.0 Å². The van der Waals surface area contributed by atoms with Gasteiger partial charge in [0, 0.05) is 27.8 Å². The van der Waals surface area contributed by atoms with Crippen molar-refractivity contribution >= 4 is 51.3 Å². The molecule has 3 rings (SSSR count). The first kappa shape index (κ1) is 18.2. The number of halogens is 2. The largest absolute Gasteiger partial charge is 0.296 e. The molecule has 1 aromatic heterocycles. The fourth-order valence-electron chi connectivity index (χ4n) is 2.16. The average molecular weight is 409 g/mol. The third-order valence-electron chi connectivity index (χ3n) is 3.48. The summed E-state index contributed by atoms with van der Waals surface area (Å²) in [6.07, 6.45) is 0. The molecular weight excluding hydrogens is 399 g/mol. The molecule has 0 radical (unpaired) electrons. The van der Waals surface area contributed by atoms with Gasteiger partial charge in [-0.3, -0.25) is 20.2 Å². The molecule has 1 heterocycles. The van der Waals surface area contributed by atoms with E-state index < -0.39 is 10.8 Å². The lowest BCUT2D eigenvalue weighted by atomic mass is 10.1. The van der Waals surface area contributed by atoms with Gasteiger partial charge in [0.25, 0.3) is 11.6 Å². The molecule has 0 saturated heterocycles. The van der Waals surface area contributed by atoms with Gasteiger partial charge < -0.3 is 0 Å². The van der Waals surface area contributed by atoms with Gasteiger partial charge in [0.1, 0.15) is 0 Å². The zero-order valence-electron chi connectivity index (χ0n) is 13.2. The maximum absolute atomic E-state index is 12.3.